The third-order valence-electron chi connectivity index (χ3n) is 2.29. The van der Waals surface area contributed by atoms with Gasteiger partial charge in [-0.3, -0.25) is 4.79 Å². The second-order valence-corrected chi connectivity index (χ2v) is 3.39. The van der Waals surface area contributed by atoms with Crippen molar-refractivity contribution in [3.05, 3.63) is 36.9 Å². The fourth-order valence-electron chi connectivity index (χ4n) is 1.41. The molecular weight excluding hydrogens is 214 g/mol. The number of amides is 1. The van der Waals surface area contributed by atoms with E-state index in [0.29, 0.717) is 13.0 Å². The molecule has 1 aromatic carbocycles. The third-order valence-corrected chi connectivity index (χ3v) is 2.29. The average Bonchev–Trinajstić information content (AvgIpc) is 2.51. The Balaban J connectivity index is 0.000000512. The number of allylic oxidation sites excluding steroid dienone is 1. The highest BCUT2D eigenvalue weighted by Gasteiger charge is 2.18. The van der Waals surface area contributed by atoms with Crippen molar-refractivity contribution in [1.82, 2.24) is 0 Å². The van der Waals surface area contributed by atoms with Crippen LogP contribution in [0.15, 0.2) is 36.9 Å². The summed E-state index contributed by atoms with van der Waals surface area (Å²) in [7, 11) is 1.77. The molecule has 3 nitrogen and oxygen atoms in total. The highest BCUT2D eigenvalue weighted by atomic mass is 16.5. The lowest BCUT2D eigenvalue weighted by Gasteiger charge is -2.15. The van der Waals surface area contributed by atoms with E-state index in [9.17, 15) is 4.79 Å². The molecule has 0 aliphatic carbocycles. The highest BCUT2D eigenvalue weighted by Crippen LogP contribution is 2.29. The van der Waals surface area contributed by atoms with Gasteiger partial charge in [0.1, 0.15) is 5.75 Å². The number of rotatable bonds is 0. The predicted molar refractivity (Wildman–Crippen MR) is 71.1 cm³/mol. The quantitative estimate of drug-likeness (QED) is 0.642. The van der Waals surface area contributed by atoms with Crippen molar-refractivity contribution in [2.45, 2.75) is 6.42 Å². The summed E-state index contributed by atoms with van der Waals surface area (Å²) in [4.78, 5) is 13.1. The van der Waals surface area contributed by atoms with Crippen LogP contribution in [0.4, 0.5) is 5.69 Å². The van der Waals surface area contributed by atoms with E-state index < -0.39 is 0 Å². The van der Waals surface area contributed by atoms with Gasteiger partial charge in [-0.15, -0.1) is 6.42 Å². The topological polar surface area (TPSA) is 29.5 Å². The fraction of sp³-hybridized carbons (Fsp3) is 0.214. The molecule has 0 unspecified atom stereocenters. The molecule has 0 fully saturated rings. The lowest BCUT2D eigenvalue weighted by molar-refractivity contribution is -0.118. The summed E-state index contributed by atoms with van der Waals surface area (Å²) in [5, 5.41) is 0. The van der Waals surface area contributed by atoms with Gasteiger partial charge in [-0.05, 0) is 18.2 Å². The summed E-state index contributed by atoms with van der Waals surface area (Å²) in [6, 6.07) is 7.57. The standard InChI is InChI=1S/C10H11NO2.C4H4.H2/c1-11-8-4-2-3-5-9(8)13-7-6-10(11)12;1-3-4-2;/h2-5H,6-7H2,1H3;1,4H,2H2;1H. The SMILES string of the molecule is C#CC=C.CN1C(=O)CCOc2ccccc21.[HH]. The van der Waals surface area contributed by atoms with Crippen LogP contribution in [0.2, 0.25) is 0 Å². The normalized spacial score (nSPS) is 13.2. The number of carbonyl (C=O) groups excluding carboxylic acids is 1. The van der Waals surface area contributed by atoms with E-state index in [0.717, 1.165) is 11.4 Å². The Labute approximate surface area is 103 Å². The molecule has 0 radical (unpaired) electrons. The van der Waals surface area contributed by atoms with Crippen LogP contribution in [0.3, 0.4) is 0 Å². The van der Waals surface area contributed by atoms with Crippen LogP contribution in [-0.2, 0) is 4.79 Å². The highest BCUT2D eigenvalue weighted by molar-refractivity contribution is 5.94. The van der Waals surface area contributed by atoms with Gasteiger partial charge < -0.3 is 9.64 Å². The van der Waals surface area contributed by atoms with Gasteiger partial charge in [-0.2, -0.15) is 0 Å². The zero-order valence-corrected chi connectivity index (χ0v) is 9.85. The number of hydrogen-bond acceptors (Lipinski definition) is 2. The molecule has 0 atom stereocenters. The zero-order chi connectivity index (χ0) is 12.7. The minimum absolute atomic E-state index is 0. The summed E-state index contributed by atoms with van der Waals surface area (Å²) in [5.74, 6) is 3.08. The van der Waals surface area contributed by atoms with E-state index in [4.69, 9.17) is 4.74 Å². The number of ether oxygens (including phenoxy) is 1. The van der Waals surface area contributed by atoms with Gasteiger partial charge in [0, 0.05) is 8.47 Å². The van der Waals surface area contributed by atoms with E-state index in [1.54, 1.807) is 11.9 Å². The first-order valence-corrected chi connectivity index (χ1v) is 5.26. The van der Waals surface area contributed by atoms with Gasteiger partial charge in [0.05, 0.1) is 18.7 Å². The molecule has 3 heteroatoms. The van der Waals surface area contributed by atoms with Crippen LogP contribution >= 0.6 is 0 Å². The van der Waals surface area contributed by atoms with E-state index in [1.165, 1.54) is 6.08 Å². The zero-order valence-electron chi connectivity index (χ0n) is 9.85. The summed E-state index contributed by atoms with van der Waals surface area (Å²) >= 11 is 0. The molecule has 0 saturated heterocycles. The lowest BCUT2D eigenvalue weighted by atomic mass is 10.2. The number of para-hydroxylation sites is 2. The number of benzene rings is 1. The Morgan fingerprint density at radius 2 is 2.24 bits per heavy atom. The van der Waals surface area contributed by atoms with Crippen molar-refractivity contribution in [3.8, 4) is 18.1 Å². The molecular formula is C14H17NO2. The van der Waals surface area contributed by atoms with Crippen molar-refractivity contribution >= 4 is 11.6 Å². The molecule has 1 aliphatic heterocycles. The molecule has 90 valence electrons. The lowest BCUT2D eigenvalue weighted by Crippen LogP contribution is -2.24. The maximum atomic E-state index is 11.4. The number of terminal acetylenes is 1. The Kier molecular flexibility index (Phi) is 4.83. The smallest absolute Gasteiger partial charge is 0.230 e. The van der Waals surface area contributed by atoms with Crippen molar-refractivity contribution in [2.75, 3.05) is 18.6 Å². The van der Waals surface area contributed by atoms with Crippen molar-refractivity contribution in [3.63, 3.8) is 0 Å². The molecule has 0 saturated carbocycles. The molecule has 0 bridgehead atoms. The summed E-state index contributed by atoms with van der Waals surface area (Å²) in [6.45, 7) is 3.72. The third kappa shape index (κ3) is 3.39. The Morgan fingerprint density at radius 1 is 1.59 bits per heavy atom. The molecule has 1 aliphatic rings. The van der Waals surface area contributed by atoms with Crippen LogP contribution < -0.4 is 9.64 Å². The molecule has 0 aromatic heterocycles. The number of hydrogen-bond donors (Lipinski definition) is 0. The minimum atomic E-state index is 0. The van der Waals surface area contributed by atoms with Gasteiger partial charge in [-0.1, -0.05) is 24.6 Å². The first-order valence-electron chi connectivity index (χ1n) is 5.26. The van der Waals surface area contributed by atoms with Gasteiger partial charge in [0.2, 0.25) is 5.91 Å². The van der Waals surface area contributed by atoms with Crippen LogP contribution in [0.5, 0.6) is 5.75 Å². The molecule has 0 N–H and O–H groups in total. The van der Waals surface area contributed by atoms with E-state index in [2.05, 4.69) is 18.9 Å². The first kappa shape index (κ1) is 12.9. The maximum absolute atomic E-state index is 11.4. The fourth-order valence-corrected chi connectivity index (χ4v) is 1.41. The maximum Gasteiger partial charge on any atom is 0.230 e. The van der Waals surface area contributed by atoms with Gasteiger partial charge in [0.15, 0.2) is 0 Å². The summed E-state index contributed by atoms with van der Waals surface area (Å²) in [6.07, 6.45) is 6.51. The average molecular weight is 231 g/mol. The van der Waals surface area contributed by atoms with E-state index in [-0.39, 0.29) is 7.33 Å². The number of carbonyl (C=O) groups is 1. The van der Waals surface area contributed by atoms with Crippen molar-refractivity contribution in [1.29, 1.82) is 0 Å². The molecule has 1 amide bonds. The number of anilines is 1. The Hall–Kier alpha value is -2.21. The molecule has 0 spiro atoms. The second kappa shape index (κ2) is 6.39. The van der Waals surface area contributed by atoms with Crippen LogP contribution in [0, 0.1) is 12.3 Å². The summed E-state index contributed by atoms with van der Waals surface area (Å²) < 4.78 is 5.43. The van der Waals surface area contributed by atoms with E-state index in [1.807, 2.05) is 24.3 Å². The number of fused-ring (bicyclic) bond motifs is 1. The largest absolute Gasteiger partial charge is 0.491 e. The molecule has 17 heavy (non-hydrogen) atoms. The Morgan fingerprint density at radius 3 is 2.88 bits per heavy atom. The summed E-state index contributed by atoms with van der Waals surface area (Å²) in [5.41, 5.74) is 0.852. The van der Waals surface area contributed by atoms with Gasteiger partial charge >= 0.3 is 0 Å². The van der Waals surface area contributed by atoms with Gasteiger partial charge in [-0.25, -0.2) is 0 Å². The van der Waals surface area contributed by atoms with Gasteiger partial charge in [0.25, 0.3) is 0 Å². The Bertz CT molecular complexity index is 451. The molecule has 2 rings (SSSR count). The van der Waals surface area contributed by atoms with E-state index >= 15 is 0 Å². The van der Waals surface area contributed by atoms with Crippen LogP contribution in [0.1, 0.15) is 7.85 Å². The second-order valence-electron chi connectivity index (χ2n) is 3.39. The monoisotopic (exact) mass is 231 g/mol. The van der Waals surface area contributed by atoms with Crippen LogP contribution in [-0.4, -0.2) is 19.6 Å². The molecule has 1 aromatic rings. The predicted octanol–water partition coefficient (Wildman–Crippen LogP) is 2.48. The molecule has 1 heterocycles. The minimum Gasteiger partial charge on any atom is -0.491 e. The van der Waals surface area contributed by atoms with Crippen molar-refractivity contribution in [2.24, 2.45) is 0 Å². The van der Waals surface area contributed by atoms with Crippen LogP contribution in [0.25, 0.3) is 0 Å². The number of nitrogens with zero attached hydrogens (tertiary/aromatic N) is 1. The van der Waals surface area contributed by atoms with Crippen molar-refractivity contribution < 1.29 is 11.0 Å². The first-order chi connectivity index (χ1) is 8.20.